The van der Waals surface area contributed by atoms with Gasteiger partial charge in [0, 0.05) is 18.0 Å². The molecule has 1 amide bonds. The van der Waals surface area contributed by atoms with Crippen LogP contribution in [0.3, 0.4) is 0 Å². The van der Waals surface area contributed by atoms with E-state index in [1.165, 1.54) is 5.56 Å². The van der Waals surface area contributed by atoms with Crippen molar-refractivity contribution in [1.82, 2.24) is 10.4 Å². The van der Waals surface area contributed by atoms with Crippen molar-refractivity contribution in [3.63, 3.8) is 0 Å². The number of carbonyl (C=O) groups is 1. The Labute approximate surface area is 158 Å². The molecule has 0 bridgehead atoms. The quantitative estimate of drug-likeness (QED) is 0.761. The van der Waals surface area contributed by atoms with E-state index in [9.17, 15) is 4.79 Å². The van der Waals surface area contributed by atoms with Crippen molar-refractivity contribution in [2.75, 3.05) is 12.5 Å². The van der Waals surface area contributed by atoms with Gasteiger partial charge in [0.25, 0.3) is 5.91 Å². The average Bonchev–Trinajstić information content (AvgIpc) is 3.06. The largest absolute Gasteiger partial charge is 0.270 e. The van der Waals surface area contributed by atoms with Crippen molar-refractivity contribution in [3.8, 4) is 0 Å². The number of carbonyl (C=O) groups excluding carboxylic acids is 1. The zero-order valence-electron chi connectivity index (χ0n) is 14.6. The molecule has 1 atom stereocenters. The van der Waals surface area contributed by atoms with Gasteiger partial charge in [-0.3, -0.25) is 4.79 Å². The third-order valence-corrected chi connectivity index (χ3v) is 7.62. The van der Waals surface area contributed by atoms with Crippen LogP contribution < -0.4 is 5.43 Å². The summed E-state index contributed by atoms with van der Waals surface area (Å²) in [5, 5.41) is 1.85. The highest BCUT2D eigenvalue weighted by Gasteiger charge is 2.47. The molecule has 2 aromatic rings. The van der Waals surface area contributed by atoms with E-state index < -0.39 is 0 Å². The van der Waals surface area contributed by atoms with Crippen LogP contribution in [0.2, 0.25) is 0 Å². The first-order valence-electron chi connectivity index (χ1n) is 8.48. The molecule has 0 radical (unpaired) electrons. The molecule has 1 N–H and O–H groups in total. The van der Waals surface area contributed by atoms with Crippen LogP contribution >= 0.6 is 23.5 Å². The number of hydrogen-bond donors (Lipinski definition) is 1. The van der Waals surface area contributed by atoms with Gasteiger partial charge in [-0.2, -0.15) is 0 Å². The number of amides is 1. The zero-order valence-corrected chi connectivity index (χ0v) is 16.3. The SMILES string of the molecule is CSC1(SC)CC(CCc2ccccc2)NN1C(=O)c1ccccc1. The first-order valence-corrected chi connectivity index (χ1v) is 10.9. The molecule has 3 rings (SSSR count). The normalized spacial score (nSPS) is 19.1. The molecule has 3 nitrogen and oxygen atoms in total. The van der Waals surface area contributed by atoms with Gasteiger partial charge < -0.3 is 0 Å². The van der Waals surface area contributed by atoms with E-state index in [4.69, 9.17) is 0 Å². The summed E-state index contributed by atoms with van der Waals surface area (Å²) in [5.41, 5.74) is 5.57. The zero-order chi connectivity index (χ0) is 17.7. The van der Waals surface area contributed by atoms with Crippen molar-refractivity contribution >= 4 is 29.4 Å². The second-order valence-corrected chi connectivity index (χ2v) is 8.61. The van der Waals surface area contributed by atoms with Crippen LogP contribution in [0.4, 0.5) is 0 Å². The lowest BCUT2D eigenvalue weighted by Crippen LogP contribution is -2.48. The van der Waals surface area contributed by atoms with Gasteiger partial charge in [-0.1, -0.05) is 48.5 Å². The second-order valence-electron chi connectivity index (χ2n) is 6.18. The van der Waals surface area contributed by atoms with E-state index in [0.29, 0.717) is 6.04 Å². The Hall–Kier alpha value is -1.43. The van der Waals surface area contributed by atoms with Gasteiger partial charge in [0.1, 0.15) is 0 Å². The number of hydrazine groups is 1. The fourth-order valence-corrected chi connectivity index (χ4v) is 5.28. The van der Waals surface area contributed by atoms with Gasteiger partial charge in [0.05, 0.1) is 0 Å². The lowest BCUT2D eigenvalue weighted by atomic mass is 10.0. The summed E-state index contributed by atoms with van der Waals surface area (Å²) in [7, 11) is 0. The first-order chi connectivity index (χ1) is 12.2. The standard InChI is InChI=1S/C20H24N2OS2/c1-24-20(25-2)15-18(14-13-16-9-5-3-6-10-16)21-22(20)19(23)17-11-7-4-8-12-17/h3-12,18,21H,13-15H2,1-2H3. The maximum Gasteiger partial charge on any atom is 0.270 e. The summed E-state index contributed by atoms with van der Waals surface area (Å²) in [4.78, 5) is 13.0. The summed E-state index contributed by atoms with van der Waals surface area (Å²) in [6.45, 7) is 0. The van der Waals surface area contributed by atoms with E-state index in [1.807, 2.05) is 41.4 Å². The summed E-state index contributed by atoms with van der Waals surface area (Å²) in [6, 6.07) is 20.4. The monoisotopic (exact) mass is 372 g/mol. The van der Waals surface area contributed by atoms with Gasteiger partial charge in [-0.05, 0) is 43.0 Å². The lowest BCUT2D eigenvalue weighted by molar-refractivity contribution is 0.0675. The van der Waals surface area contributed by atoms with Gasteiger partial charge in [-0.25, -0.2) is 10.4 Å². The van der Waals surface area contributed by atoms with Crippen LogP contribution in [0.15, 0.2) is 60.7 Å². The van der Waals surface area contributed by atoms with Crippen LogP contribution in [0.25, 0.3) is 0 Å². The molecule has 5 heteroatoms. The second kappa shape index (κ2) is 8.30. The van der Waals surface area contributed by atoms with E-state index in [2.05, 4.69) is 42.2 Å². The molecule has 1 fully saturated rings. The highest BCUT2D eigenvalue weighted by molar-refractivity contribution is 8.17. The fourth-order valence-electron chi connectivity index (χ4n) is 3.24. The molecular weight excluding hydrogens is 348 g/mol. The Morgan fingerprint density at radius 2 is 1.68 bits per heavy atom. The van der Waals surface area contributed by atoms with Crippen molar-refractivity contribution in [3.05, 3.63) is 71.8 Å². The molecule has 0 saturated carbocycles. The summed E-state index contributed by atoms with van der Waals surface area (Å²) >= 11 is 3.48. The highest BCUT2D eigenvalue weighted by atomic mass is 32.2. The van der Waals surface area contributed by atoms with E-state index in [0.717, 1.165) is 24.8 Å². The molecule has 0 aliphatic carbocycles. The third kappa shape index (κ3) is 4.05. The molecule has 132 valence electrons. The Morgan fingerprint density at radius 3 is 2.28 bits per heavy atom. The minimum atomic E-state index is -0.256. The molecule has 0 spiro atoms. The Balaban J connectivity index is 1.74. The van der Waals surface area contributed by atoms with Crippen molar-refractivity contribution < 1.29 is 4.79 Å². The van der Waals surface area contributed by atoms with E-state index in [-0.39, 0.29) is 10.1 Å². The van der Waals surface area contributed by atoms with Crippen LogP contribution in [-0.4, -0.2) is 33.7 Å². The molecule has 1 unspecified atom stereocenters. The molecule has 1 heterocycles. The maximum absolute atomic E-state index is 13.0. The predicted molar refractivity (Wildman–Crippen MR) is 109 cm³/mol. The number of nitrogens with one attached hydrogen (secondary N) is 1. The number of thioether (sulfide) groups is 2. The third-order valence-electron chi connectivity index (χ3n) is 4.64. The average molecular weight is 373 g/mol. The summed E-state index contributed by atoms with van der Waals surface area (Å²) in [6.07, 6.45) is 7.16. The smallest absolute Gasteiger partial charge is 0.268 e. The van der Waals surface area contributed by atoms with Crippen LogP contribution in [0.5, 0.6) is 0 Å². The minimum Gasteiger partial charge on any atom is -0.268 e. The number of rotatable bonds is 6. The van der Waals surface area contributed by atoms with E-state index in [1.54, 1.807) is 23.5 Å². The van der Waals surface area contributed by atoms with Crippen molar-refractivity contribution in [2.24, 2.45) is 0 Å². The predicted octanol–water partition coefficient (Wildman–Crippen LogP) is 4.42. The molecule has 1 saturated heterocycles. The van der Waals surface area contributed by atoms with Crippen LogP contribution in [0.1, 0.15) is 28.8 Å². The molecule has 25 heavy (non-hydrogen) atoms. The topological polar surface area (TPSA) is 32.3 Å². The Morgan fingerprint density at radius 1 is 1.08 bits per heavy atom. The number of nitrogens with zero attached hydrogens (tertiary/aromatic N) is 1. The maximum atomic E-state index is 13.0. The van der Waals surface area contributed by atoms with Gasteiger partial charge >= 0.3 is 0 Å². The molecule has 1 aliphatic rings. The first kappa shape index (κ1) is 18.4. The molecule has 0 aromatic heterocycles. The van der Waals surface area contributed by atoms with Gasteiger partial charge in [-0.15, -0.1) is 23.5 Å². The number of hydrogen-bond acceptors (Lipinski definition) is 4. The highest BCUT2D eigenvalue weighted by Crippen LogP contribution is 2.45. The summed E-state index contributed by atoms with van der Waals surface area (Å²) in [5.74, 6) is 0.0477. The summed E-state index contributed by atoms with van der Waals surface area (Å²) < 4.78 is -0.256. The molecular formula is C20H24N2OS2. The van der Waals surface area contributed by atoms with Crippen LogP contribution in [0, 0.1) is 0 Å². The molecule has 1 aliphatic heterocycles. The van der Waals surface area contributed by atoms with Gasteiger partial charge in [0.15, 0.2) is 4.20 Å². The van der Waals surface area contributed by atoms with Gasteiger partial charge in [0.2, 0.25) is 0 Å². The molecule has 2 aromatic carbocycles. The van der Waals surface area contributed by atoms with E-state index >= 15 is 0 Å². The number of benzene rings is 2. The lowest BCUT2D eigenvalue weighted by Gasteiger charge is -2.34. The Kier molecular flexibility index (Phi) is 6.10. The van der Waals surface area contributed by atoms with Crippen LogP contribution in [-0.2, 0) is 6.42 Å². The number of aryl methyl sites for hydroxylation is 1. The Bertz CT molecular complexity index is 689. The van der Waals surface area contributed by atoms with Crippen molar-refractivity contribution in [2.45, 2.75) is 29.5 Å². The minimum absolute atomic E-state index is 0.0477. The fraction of sp³-hybridized carbons (Fsp3) is 0.350. The van der Waals surface area contributed by atoms with Crippen molar-refractivity contribution in [1.29, 1.82) is 0 Å².